The zero-order chi connectivity index (χ0) is 11.3. The van der Waals surface area contributed by atoms with Crippen molar-refractivity contribution >= 4 is 11.9 Å². The molecule has 2 heteroatoms. The third-order valence-electron chi connectivity index (χ3n) is 2.21. The Bertz CT molecular complexity index is 410. The molecule has 0 spiro atoms. The molecule has 0 fully saturated rings. The minimum absolute atomic E-state index is 1.09. The van der Waals surface area contributed by atoms with Gasteiger partial charge >= 0.3 is 0 Å². The SMILES string of the molecule is C=CN=CC(c1ccccc1C)=[N+](C)C. The molecular formula is C13H17N2+. The van der Waals surface area contributed by atoms with Gasteiger partial charge in [0.2, 0.25) is 5.71 Å². The van der Waals surface area contributed by atoms with Gasteiger partial charge in [-0.15, -0.1) is 0 Å². The highest BCUT2D eigenvalue weighted by Gasteiger charge is 2.10. The first-order chi connectivity index (χ1) is 7.16. The van der Waals surface area contributed by atoms with Gasteiger partial charge in [0.25, 0.3) is 0 Å². The van der Waals surface area contributed by atoms with E-state index in [9.17, 15) is 0 Å². The van der Waals surface area contributed by atoms with E-state index >= 15 is 0 Å². The highest BCUT2D eigenvalue weighted by Crippen LogP contribution is 2.07. The predicted molar refractivity (Wildman–Crippen MR) is 66.1 cm³/mol. The normalized spacial score (nSPS) is 10.3. The molecule has 0 aromatic heterocycles. The number of aryl methyl sites for hydroxylation is 1. The Morgan fingerprint density at radius 1 is 1.33 bits per heavy atom. The van der Waals surface area contributed by atoms with E-state index in [0.717, 1.165) is 5.71 Å². The maximum atomic E-state index is 4.07. The van der Waals surface area contributed by atoms with Gasteiger partial charge in [0, 0.05) is 6.20 Å². The van der Waals surface area contributed by atoms with Crippen LogP contribution >= 0.6 is 0 Å². The summed E-state index contributed by atoms with van der Waals surface area (Å²) in [5.74, 6) is 0. The molecular weight excluding hydrogens is 184 g/mol. The van der Waals surface area contributed by atoms with Gasteiger partial charge in [-0.25, -0.2) is 4.58 Å². The number of rotatable bonds is 3. The van der Waals surface area contributed by atoms with Gasteiger partial charge in [-0.2, -0.15) is 0 Å². The average molecular weight is 201 g/mol. The molecule has 1 rings (SSSR count). The summed E-state index contributed by atoms with van der Waals surface area (Å²) in [6, 6.07) is 8.27. The number of nitrogens with zero attached hydrogens (tertiary/aromatic N) is 2. The number of hydrogen-bond donors (Lipinski definition) is 0. The predicted octanol–water partition coefficient (Wildman–Crippen LogP) is 2.27. The molecule has 0 saturated heterocycles. The molecule has 0 amide bonds. The molecule has 0 saturated carbocycles. The first-order valence-corrected chi connectivity index (χ1v) is 4.91. The maximum absolute atomic E-state index is 4.07. The van der Waals surface area contributed by atoms with Crippen LogP contribution in [0.3, 0.4) is 0 Å². The molecule has 0 unspecified atom stereocenters. The van der Waals surface area contributed by atoms with Crippen LogP contribution in [0.15, 0.2) is 42.0 Å². The van der Waals surface area contributed by atoms with Crippen LogP contribution in [0.2, 0.25) is 0 Å². The number of aliphatic imine (C=N–C) groups is 1. The summed E-state index contributed by atoms with van der Waals surface area (Å²) in [6.45, 7) is 5.68. The smallest absolute Gasteiger partial charge is 0.225 e. The van der Waals surface area contributed by atoms with Crippen LogP contribution in [0.5, 0.6) is 0 Å². The fourth-order valence-corrected chi connectivity index (χ4v) is 1.41. The molecule has 0 aliphatic rings. The molecule has 78 valence electrons. The molecule has 0 radical (unpaired) electrons. The van der Waals surface area contributed by atoms with Crippen LogP contribution in [0.4, 0.5) is 0 Å². The van der Waals surface area contributed by atoms with Gasteiger partial charge in [0.15, 0.2) is 0 Å². The Labute approximate surface area is 91.3 Å². The van der Waals surface area contributed by atoms with Crippen molar-refractivity contribution in [3.8, 4) is 0 Å². The Balaban J connectivity index is 3.24. The molecule has 0 aliphatic carbocycles. The molecule has 0 atom stereocenters. The monoisotopic (exact) mass is 201 g/mol. The van der Waals surface area contributed by atoms with Crippen LogP contribution in [-0.2, 0) is 0 Å². The van der Waals surface area contributed by atoms with Gasteiger partial charge in [-0.05, 0) is 18.6 Å². The number of benzene rings is 1. The standard InChI is InChI=1S/C13H17N2/c1-5-14-10-13(15(3)4)12-9-7-6-8-11(12)2/h5-10H,1H2,2-4H3/q+1. The van der Waals surface area contributed by atoms with E-state index in [-0.39, 0.29) is 0 Å². The zero-order valence-electron chi connectivity index (χ0n) is 9.57. The van der Waals surface area contributed by atoms with Gasteiger partial charge < -0.3 is 0 Å². The van der Waals surface area contributed by atoms with Crippen LogP contribution in [-0.4, -0.2) is 30.6 Å². The van der Waals surface area contributed by atoms with Crippen molar-refractivity contribution in [3.63, 3.8) is 0 Å². The lowest BCUT2D eigenvalue weighted by Crippen LogP contribution is -2.17. The van der Waals surface area contributed by atoms with E-state index in [1.807, 2.05) is 32.4 Å². The summed E-state index contributed by atoms with van der Waals surface area (Å²) < 4.78 is 2.05. The Morgan fingerprint density at radius 2 is 2.00 bits per heavy atom. The Kier molecular flexibility index (Phi) is 3.98. The zero-order valence-corrected chi connectivity index (χ0v) is 9.57. The Morgan fingerprint density at radius 3 is 2.53 bits per heavy atom. The quantitative estimate of drug-likeness (QED) is 0.526. The average Bonchev–Trinajstić information content (AvgIpc) is 2.20. The van der Waals surface area contributed by atoms with Crippen molar-refractivity contribution in [2.24, 2.45) is 4.99 Å². The third-order valence-corrected chi connectivity index (χ3v) is 2.21. The largest absolute Gasteiger partial charge is 0.258 e. The Hall–Kier alpha value is -1.70. The highest BCUT2D eigenvalue weighted by molar-refractivity contribution is 6.36. The van der Waals surface area contributed by atoms with Crippen molar-refractivity contribution in [2.75, 3.05) is 14.1 Å². The van der Waals surface area contributed by atoms with Crippen molar-refractivity contribution in [2.45, 2.75) is 6.92 Å². The second-order valence-corrected chi connectivity index (χ2v) is 3.56. The van der Waals surface area contributed by atoms with E-state index in [1.165, 1.54) is 11.1 Å². The molecule has 0 aliphatic heterocycles. The summed E-state index contributed by atoms with van der Waals surface area (Å²) in [5.41, 5.74) is 3.54. The van der Waals surface area contributed by atoms with E-state index in [0.29, 0.717) is 0 Å². The molecule has 1 aromatic rings. The van der Waals surface area contributed by atoms with E-state index in [1.54, 1.807) is 6.20 Å². The van der Waals surface area contributed by atoms with Crippen molar-refractivity contribution in [1.82, 2.24) is 0 Å². The fourth-order valence-electron chi connectivity index (χ4n) is 1.41. The summed E-state index contributed by atoms with van der Waals surface area (Å²) in [6.07, 6.45) is 3.37. The van der Waals surface area contributed by atoms with Gasteiger partial charge in [0.05, 0.1) is 11.8 Å². The molecule has 15 heavy (non-hydrogen) atoms. The van der Waals surface area contributed by atoms with Crippen LogP contribution in [0.25, 0.3) is 0 Å². The van der Waals surface area contributed by atoms with Gasteiger partial charge in [-0.1, -0.05) is 24.8 Å². The van der Waals surface area contributed by atoms with Crippen molar-refractivity contribution in [1.29, 1.82) is 0 Å². The minimum atomic E-state index is 1.09. The first kappa shape index (κ1) is 11.4. The lowest BCUT2D eigenvalue weighted by Gasteiger charge is -2.02. The molecule has 0 N–H and O–H groups in total. The molecule has 2 nitrogen and oxygen atoms in total. The molecule has 1 aromatic carbocycles. The minimum Gasteiger partial charge on any atom is -0.258 e. The van der Waals surface area contributed by atoms with E-state index < -0.39 is 0 Å². The second-order valence-electron chi connectivity index (χ2n) is 3.56. The summed E-state index contributed by atoms with van der Waals surface area (Å²) >= 11 is 0. The van der Waals surface area contributed by atoms with Crippen LogP contribution < -0.4 is 0 Å². The van der Waals surface area contributed by atoms with Crippen LogP contribution in [0, 0.1) is 6.92 Å². The van der Waals surface area contributed by atoms with Crippen LogP contribution in [0.1, 0.15) is 11.1 Å². The lowest BCUT2D eigenvalue weighted by atomic mass is 10.0. The first-order valence-electron chi connectivity index (χ1n) is 4.91. The van der Waals surface area contributed by atoms with Crippen molar-refractivity contribution < 1.29 is 4.58 Å². The van der Waals surface area contributed by atoms with E-state index in [4.69, 9.17) is 0 Å². The number of hydrogen-bond acceptors (Lipinski definition) is 1. The lowest BCUT2D eigenvalue weighted by molar-refractivity contribution is -0.461. The van der Waals surface area contributed by atoms with E-state index in [2.05, 4.69) is 35.2 Å². The fraction of sp³-hybridized carbons (Fsp3) is 0.231. The maximum Gasteiger partial charge on any atom is 0.225 e. The van der Waals surface area contributed by atoms with Gasteiger partial charge in [-0.3, -0.25) is 4.99 Å². The molecule has 0 heterocycles. The van der Waals surface area contributed by atoms with Crippen molar-refractivity contribution in [3.05, 3.63) is 48.2 Å². The summed E-state index contributed by atoms with van der Waals surface area (Å²) in [5, 5.41) is 0. The highest BCUT2D eigenvalue weighted by atomic mass is 14.9. The second kappa shape index (κ2) is 5.25. The summed E-state index contributed by atoms with van der Waals surface area (Å²) in [4.78, 5) is 4.07. The summed E-state index contributed by atoms with van der Waals surface area (Å²) in [7, 11) is 4.02. The topological polar surface area (TPSA) is 15.4 Å². The van der Waals surface area contributed by atoms with Gasteiger partial charge in [0.1, 0.15) is 14.1 Å². The molecule has 0 bridgehead atoms. The third kappa shape index (κ3) is 2.88.